The molecule has 5 rings (SSSR count). The van der Waals surface area contributed by atoms with Gasteiger partial charge in [0.2, 0.25) is 5.43 Å². The van der Waals surface area contributed by atoms with Crippen molar-refractivity contribution in [3.8, 4) is 0 Å². The zero-order chi connectivity index (χ0) is 24.3. The Labute approximate surface area is 195 Å². The fraction of sp³-hybridized carbons (Fsp3) is 0.360. The minimum Gasteiger partial charge on any atom is -0.477 e. The zero-order valence-electron chi connectivity index (χ0n) is 19.0. The van der Waals surface area contributed by atoms with E-state index in [9.17, 15) is 14.7 Å². The Morgan fingerprint density at radius 1 is 1.15 bits per heavy atom. The summed E-state index contributed by atoms with van der Waals surface area (Å²) in [6, 6.07) is 8.44. The first-order chi connectivity index (χ1) is 16.2. The fourth-order valence-electron chi connectivity index (χ4n) is 4.90. The summed E-state index contributed by atoms with van der Waals surface area (Å²) in [5.74, 6) is -3.29. The molecule has 2 aliphatic rings. The van der Waals surface area contributed by atoms with Gasteiger partial charge in [0.1, 0.15) is 17.1 Å². The molecule has 1 aromatic heterocycles. The van der Waals surface area contributed by atoms with Crippen molar-refractivity contribution >= 4 is 28.2 Å². The van der Waals surface area contributed by atoms with Crippen LogP contribution in [0.15, 0.2) is 41.3 Å². The van der Waals surface area contributed by atoms with Crippen molar-refractivity contribution in [3.05, 3.63) is 69.5 Å². The molecule has 1 saturated heterocycles. The summed E-state index contributed by atoms with van der Waals surface area (Å²) in [4.78, 5) is 27.8. The standard InChI is InChI=1S/C25H26F2N4O3/c1-29(2)14-5-3-13(4-6-14)17-10-30(12-20(17)28)23-19(26)9-16-22(21(23)27)31(15-7-8-15)11-18(24(16)32)25(33)34/h3-6,9,11,15,17,20H,7-8,10,12,28H2,1-2H3,(H,33,34)/t17-,20+/m0/s1. The van der Waals surface area contributed by atoms with Gasteiger partial charge >= 0.3 is 5.97 Å². The maximum atomic E-state index is 15.9. The van der Waals surface area contributed by atoms with Crippen molar-refractivity contribution in [2.24, 2.45) is 5.73 Å². The third-order valence-corrected chi connectivity index (χ3v) is 6.87. The number of hydrogen-bond donors (Lipinski definition) is 2. The quantitative estimate of drug-likeness (QED) is 0.597. The zero-order valence-corrected chi connectivity index (χ0v) is 19.0. The molecule has 0 spiro atoms. The minimum atomic E-state index is -1.42. The lowest BCUT2D eigenvalue weighted by Crippen LogP contribution is -2.29. The first-order valence-electron chi connectivity index (χ1n) is 11.2. The lowest BCUT2D eigenvalue weighted by Gasteiger charge is -2.22. The van der Waals surface area contributed by atoms with E-state index in [1.807, 2.05) is 43.3 Å². The monoisotopic (exact) mass is 468 g/mol. The highest BCUT2D eigenvalue weighted by atomic mass is 19.1. The second-order valence-corrected chi connectivity index (χ2v) is 9.39. The highest BCUT2D eigenvalue weighted by molar-refractivity contribution is 5.94. The molecule has 2 fully saturated rings. The lowest BCUT2D eigenvalue weighted by molar-refractivity contribution is 0.0694. The van der Waals surface area contributed by atoms with E-state index >= 15 is 8.78 Å². The largest absolute Gasteiger partial charge is 0.477 e. The van der Waals surface area contributed by atoms with E-state index in [2.05, 4.69) is 0 Å². The van der Waals surface area contributed by atoms with Gasteiger partial charge in [0.15, 0.2) is 5.82 Å². The van der Waals surface area contributed by atoms with Gasteiger partial charge in [-0.15, -0.1) is 0 Å². The number of carbonyl (C=O) groups is 1. The Morgan fingerprint density at radius 3 is 2.41 bits per heavy atom. The smallest absolute Gasteiger partial charge is 0.341 e. The topological polar surface area (TPSA) is 91.8 Å². The number of carboxylic acid groups (broad SMARTS) is 1. The van der Waals surface area contributed by atoms with Crippen molar-refractivity contribution in [2.75, 3.05) is 37.0 Å². The number of aromatic carboxylic acids is 1. The Bertz CT molecular complexity index is 1350. The van der Waals surface area contributed by atoms with E-state index in [1.54, 1.807) is 4.90 Å². The number of halogens is 2. The van der Waals surface area contributed by atoms with Gasteiger partial charge in [0, 0.05) is 57.1 Å². The van der Waals surface area contributed by atoms with Crippen LogP contribution in [0.25, 0.3) is 10.9 Å². The second-order valence-electron chi connectivity index (χ2n) is 9.39. The number of rotatable bonds is 5. The van der Waals surface area contributed by atoms with E-state index in [4.69, 9.17) is 5.73 Å². The van der Waals surface area contributed by atoms with E-state index in [0.29, 0.717) is 6.54 Å². The predicted molar refractivity (Wildman–Crippen MR) is 127 cm³/mol. The van der Waals surface area contributed by atoms with Crippen molar-refractivity contribution in [2.45, 2.75) is 30.8 Å². The maximum Gasteiger partial charge on any atom is 0.341 e. The van der Waals surface area contributed by atoms with Gasteiger partial charge in [0.05, 0.1) is 10.9 Å². The number of anilines is 2. The van der Waals surface area contributed by atoms with E-state index in [0.717, 1.165) is 30.2 Å². The first kappa shape index (κ1) is 22.3. The average molecular weight is 469 g/mol. The highest BCUT2D eigenvalue weighted by Crippen LogP contribution is 2.41. The number of nitrogens with zero attached hydrogens (tertiary/aromatic N) is 3. The van der Waals surface area contributed by atoms with Crippen molar-refractivity contribution in [1.82, 2.24) is 4.57 Å². The Balaban J connectivity index is 1.58. The number of hydrogen-bond acceptors (Lipinski definition) is 5. The van der Waals surface area contributed by atoms with Crippen LogP contribution in [0.4, 0.5) is 20.2 Å². The number of fused-ring (bicyclic) bond motifs is 1. The van der Waals surface area contributed by atoms with Crippen LogP contribution in [0.2, 0.25) is 0 Å². The number of pyridine rings is 1. The van der Waals surface area contributed by atoms with Crippen LogP contribution in [-0.2, 0) is 0 Å². The van der Waals surface area contributed by atoms with Gasteiger partial charge in [-0.05, 0) is 36.6 Å². The summed E-state index contributed by atoms with van der Waals surface area (Å²) in [5.41, 5.74) is 6.76. The summed E-state index contributed by atoms with van der Waals surface area (Å²) >= 11 is 0. The number of benzene rings is 2. The average Bonchev–Trinajstić information content (AvgIpc) is 3.56. The Kier molecular flexibility index (Phi) is 5.31. The molecule has 2 heterocycles. The molecule has 178 valence electrons. The molecule has 1 saturated carbocycles. The molecule has 2 aromatic carbocycles. The van der Waals surface area contributed by atoms with Crippen LogP contribution >= 0.6 is 0 Å². The van der Waals surface area contributed by atoms with E-state index in [-0.39, 0.29) is 41.1 Å². The molecule has 2 atom stereocenters. The summed E-state index contributed by atoms with van der Waals surface area (Å²) in [7, 11) is 3.90. The molecule has 1 aliphatic heterocycles. The number of aromatic nitrogens is 1. The van der Waals surface area contributed by atoms with Crippen molar-refractivity contribution < 1.29 is 18.7 Å². The molecule has 34 heavy (non-hydrogen) atoms. The Morgan fingerprint density at radius 2 is 1.82 bits per heavy atom. The van der Waals surface area contributed by atoms with Crippen LogP contribution in [0.3, 0.4) is 0 Å². The normalized spacial score (nSPS) is 20.2. The summed E-state index contributed by atoms with van der Waals surface area (Å²) < 4.78 is 32.7. The SMILES string of the molecule is CN(C)c1ccc([C@@H]2CN(c3c(F)cc4c(=O)c(C(=O)O)cn(C5CC5)c4c3F)C[C@H]2N)cc1. The molecule has 9 heteroatoms. The minimum absolute atomic E-state index is 0.0544. The first-order valence-corrected chi connectivity index (χ1v) is 11.2. The van der Waals surface area contributed by atoms with Gasteiger partial charge in [-0.25, -0.2) is 13.6 Å². The molecule has 0 bridgehead atoms. The van der Waals surface area contributed by atoms with Gasteiger partial charge in [-0.1, -0.05) is 12.1 Å². The van der Waals surface area contributed by atoms with Crippen LogP contribution in [0.1, 0.15) is 40.7 Å². The number of nitrogens with two attached hydrogens (primary N) is 1. The van der Waals surface area contributed by atoms with E-state index in [1.165, 1.54) is 10.8 Å². The molecule has 7 nitrogen and oxygen atoms in total. The molecule has 3 N–H and O–H groups in total. The Hall–Kier alpha value is -3.46. The van der Waals surface area contributed by atoms with Crippen molar-refractivity contribution in [1.29, 1.82) is 0 Å². The van der Waals surface area contributed by atoms with Gasteiger partial charge in [-0.3, -0.25) is 4.79 Å². The van der Waals surface area contributed by atoms with Gasteiger partial charge in [0.25, 0.3) is 0 Å². The summed E-state index contributed by atoms with van der Waals surface area (Å²) in [6.45, 7) is 0.572. The summed E-state index contributed by atoms with van der Waals surface area (Å²) in [6.07, 6.45) is 2.66. The molecule has 0 unspecified atom stereocenters. The molecule has 0 amide bonds. The molecular weight excluding hydrogens is 442 g/mol. The van der Waals surface area contributed by atoms with E-state index < -0.39 is 28.6 Å². The maximum absolute atomic E-state index is 15.9. The van der Waals surface area contributed by atoms with Crippen LogP contribution in [0, 0.1) is 11.6 Å². The van der Waals surface area contributed by atoms with Gasteiger partial charge in [-0.2, -0.15) is 0 Å². The summed E-state index contributed by atoms with van der Waals surface area (Å²) in [5, 5.41) is 9.15. The third kappa shape index (κ3) is 3.60. The second kappa shape index (κ2) is 8.09. The third-order valence-electron chi connectivity index (χ3n) is 6.87. The number of carboxylic acids is 1. The van der Waals surface area contributed by atoms with Gasteiger partial charge < -0.3 is 25.2 Å². The molecule has 0 radical (unpaired) electrons. The van der Waals surface area contributed by atoms with Crippen LogP contribution in [-0.4, -0.2) is 48.9 Å². The van der Waals surface area contributed by atoms with Crippen molar-refractivity contribution in [3.63, 3.8) is 0 Å². The van der Waals surface area contributed by atoms with Crippen LogP contribution in [0.5, 0.6) is 0 Å². The highest BCUT2D eigenvalue weighted by Gasteiger charge is 2.36. The molecule has 3 aromatic rings. The predicted octanol–water partition coefficient (Wildman–Crippen LogP) is 3.31. The fourth-order valence-corrected chi connectivity index (χ4v) is 4.90. The van der Waals surface area contributed by atoms with Crippen LogP contribution < -0.4 is 21.0 Å². The molecular formula is C25H26F2N4O3. The lowest BCUT2D eigenvalue weighted by atomic mass is 9.95. The molecule has 1 aliphatic carbocycles.